The zero-order valence-electron chi connectivity index (χ0n) is 12.4. The Labute approximate surface area is 120 Å². The second-order valence-corrected chi connectivity index (χ2v) is 5.60. The first-order chi connectivity index (χ1) is 9.81. The van der Waals surface area contributed by atoms with E-state index < -0.39 is 0 Å². The molecule has 0 aliphatic carbocycles. The minimum atomic E-state index is 0.325. The highest BCUT2D eigenvalue weighted by atomic mass is 16.5. The molecule has 4 heterocycles. The Bertz CT molecular complexity index is 445. The predicted molar refractivity (Wildman–Crippen MR) is 79.0 cm³/mol. The molecule has 110 valence electrons. The molecule has 5 nitrogen and oxygen atoms in total. The fourth-order valence-electron chi connectivity index (χ4n) is 3.39. The van der Waals surface area contributed by atoms with Gasteiger partial charge in [0.2, 0.25) is 0 Å². The van der Waals surface area contributed by atoms with Gasteiger partial charge in [-0.05, 0) is 18.2 Å². The van der Waals surface area contributed by atoms with Gasteiger partial charge in [-0.2, -0.15) is 0 Å². The molecular formula is C15H24N4O. The van der Waals surface area contributed by atoms with Crippen molar-refractivity contribution < 1.29 is 4.74 Å². The highest BCUT2D eigenvalue weighted by Crippen LogP contribution is 2.28. The minimum absolute atomic E-state index is 0.325. The number of ether oxygens (including phenoxy) is 1. The molecule has 1 aromatic rings. The first-order valence-electron chi connectivity index (χ1n) is 7.50. The summed E-state index contributed by atoms with van der Waals surface area (Å²) in [6.07, 6.45) is 3.73. The number of pyridine rings is 1. The number of fused-ring (bicyclic) bond motifs is 3. The van der Waals surface area contributed by atoms with Gasteiger partial charge in [-0.3, -0.25) is 14.8 Å². The second-order valence-electron chi connectivity index (χ2n) is 5.60. The van der Waals surface area contributed by atoms with E-state index in [1.54, 1.807) is 13.3 Å². The van der Waals surface area contributed by atoms with Crippen LogP contribution in [0.5, 0.6) is 5.75 Å². The van der Waals surface area contributed by atoms with Crippen LogP contribution in [0.2, 0.25) is 0 Å². The van der Waals surface area contributed by atoms with Crippen LogP contribution < -0.4 is 10.1 Å². The lowest BCUT2D eigenvalue weighted by atomic mass is 9.95. The maximum Gasteiger partial charge on any atom is 0.137 e. The van der Waals surface area contributed by atoms with E-state index in [0.717, 1.165) is 18.8 Å². The van der Waals surface area contributed by atoms with Crippen LogP contribution in [0.15, 0.2) is 18.5 Å². The van der Waals surface area contributed by atoms with Crippen LogP contribution >= 0.6 is 0 Å². The Kier molecular flexibility index (Phi) is 4.19. The monoisotopic (exact) mass is 276 g/mol. The Hall–Kier alpha value is -1.17. The molecule has 2 unspecified atom stereocenters. The Morgan fingerprint density at radius 2 is 2.15 bits per heavy atom. The van der Waals surface area contributed by atoms with Crippen molar-refractivity contribution in [3.05, 3.63) is 24.0 Å². The van der Waals surface area contributed by atoms with Crippen molar-refractivity contribution in [3.63, 3.8) is 0 Å². The summed E-state index contributed by atoms with van der Waals surface area (Å²) in [5.74, 6) is 0.835. The molecule has 0 saturated carbocycles. The van der Waals surface area contributed by atoms with Crippen LogP contribution in [-0.2, 0) is 0 Å². The predicted octanol–water partition coefficient (Wildman–Crippen LogP) is 0.741. The minimum Gasteiger partial charge on any atom is -0.495 e. The summed E-state index contributed by atoms with van der Waals surface area (Å²) in [5, 5.41) is 3.64. The Morgan fingerprint density at radius 3 is 2.75 bits per heavy atom. The standard InChI is InChI=1S/C15H24N4O/c1-3-17-15(12-8-13(20-2)10-16-9-12)14-11-18-4-6-19(14)7-5-18/h8-10,14-15,17H,3-7,11H2,1-2H3. The number of rotatable bonds is 5. The number of likely N-dealkylation sites (N-methyl/N-ethyl adjacent to an activating group) is 1. The van der Waals surface area contributed by atoms with Gasteiger partial charge in [0.1, 0.15) is 5.75 Å². The fraction of sp³-hybridized carbons (Fsp3) is 0.667. The molecule has 3 saturated heterocycles. The van der Waals surface area contributed by atoms with Crippen molar-refractivity contribution >= 4 is 0 Å². The van der Waals surface area contributed by atoms with E-state index in [0.29, 0.717) is 12.1 Å². The topological polar surface area (TPSA) is 40.6 Å². The molecule has 0 aromatic carbocycles. The van der Waals surface area contributed by atoms with Crippen molar-refractivity contribution in [3.8, 4) is 5.75 Å². The molecule has 2 atom stereocenters. The highest BCUT2D eigenvalue weighted by Gasteiger charge is 2.37. The van der Waals surface area contributed by atoms with Crippen LogP contribution in [0.1, 0.15) is 18.5 Å². The fourth-order valence-corrected chi connectivity index (χ4v) is 3.39. The van der Waals surface area contributed by atoms with Crippen molar-refractivity contribution in [1.82, 2.24) is 20.1 Å². The Balaban J connectivity index is 1.84. The number of piperazine rings is 3. The lowest BCUT2D eigenvalue weighted by Crippen LogP contribution is -2.63. The summed E-state index contributed by atoms with van der Waals surface area (Å²) in [6, 6.07) is 2.97. The van der Waals surface area contributed by atoms with Gasteiger partial charge in [0, 0.05) is 45.0 Å². The molecular weight excluding hydrogens is 252 g/mol. The van der Waals surface area contributed by atoms with Crippen molar-refractivity contribution in [2.24, 2.45) is 0 Å². The number of methoxy groups -OCH3 is 1. The summed E-state index contributed by atoms with van der Waals surface area (Å²) in [6.45, 7) is 9.07. The largest absolute Gasteiger partial charge is 0.495 e. The first-order valence-corrected chi connectivity index (χ1v) is 7.50. The van der Waals surface area contributed by atoms with Gasteiger partial charge < -0.3 is 10.1 Å². The maximum absolute atomic E-state index is 5.32. The first kappa shape index (κ1) is 13.8. The normalized spacial score (nSPS) is 30.2. The van der Waals surface area contributed by atoms with E-state index >= 15 is 0 Å². The van der Waals surface area contributed by atoms with E-state index in [2.05, 4.69) is 33.1 Å². The van der Waals surface area contributed by atoms with Gasteiger partial charge in [0.15, 0.2) is 0 Å². The van der Waals surface area contributed by atoms with Crippen LogP contribution in [0, 0.1) is 0 Å². The molecule has 1 aromatic heterocycles. The summed E-state index contributed by atoms with van der Waals surface area (Å²) < 4.78 is 5.32. The number of nitrogens with one attached hydrogen (secondary N) is 1. The van der Waals surface area contributed by atoms with Gasteiger partial charge in [-0.25, -0.2) is 0 Å². The molecule has 0 spiro atoms. The molecule has 1 N–H and O–H groups in total. The van der Waals surface area contributed by atoms with Crippen LogP contribution in [0.4, 0.5) is 0 Å². The number of hydrogen-bond donors (Lipinski definition) is 1. The van der Waals surface area contributed by atoms with Gasteiger partial charge >= 0.3 is 0 Å². The maximum atomic E-state index is 5.32. The average Bonchev–Trinajstić information content (AvgIpc) is 2.53. The number of hydrogen-bond acceptors (Lipinski definition) is 5. The molecule has 5 heteroatoms. The van der Waals surface area contributed by atoms with Crippen molar-refractivity contribution in [1.29, 1.82) is 0 Å². The Morgan fingerprint density at radius 1 is 1.35 bits per heavy atom. The average molecular weight is 276 g/mol. The summed E-state index contributed by atoms with van der Waals surface area (Å²) in [5.41, 5.74) is 1.23. The third-order valence-corrected chi connectivity index (χ3v) is 4.46. The van der Waals surface area contributed by atoms with Crippen LogP contribution in [-0.4, -0.2) is 67.2 Å². The molecule has 0 radical (unpaired) electrons. The van der Waals surface area contributed by atoms with E-state index in [1.807, 2.05) is 6.20 Å². The molecule has 20 heavy (non-hydrogen) atoms. The van der Waals surface area contributed by atoms with Gasteiger partial charge in [-0.15, -0.1) is 0 Å². The van der Waals surface area contributed by atoms with Crippen LogP contribution in [0.3, 0.4) is 0 Å². The molecule has 3 aliphatic heterocycles. The molecule has 3 aliphatic rings. The third-order valence-electron chi connectivity index (χ3n) is 4.46. The zero-order chi connectivity index (χ0) is 13.9. The van der Waals surface area contributed by atoms with Crippen molar-refractivity contribution in [2.75, 3.05) is 46.4 Å². The molecule has 2 bridgehead atoms. The summed E-state index contributed by atoms with van der Waals surface area (Å²) in [7, 11) is 1.70. The zero-order valence-corrected chi connectivity index (χ0v) is 12.4. The van der Waals surface area contributed by atoms with Crippen molar-refractivity contribution in [2.45, 2.75) is 19.0 Å². The highest BCUT2D eigenvalue weighted by molar-refractivity contribution is 5.27. The quantitative estimate of drug-likeness (QED) is 0.859. The second kappa shape index (κ2) is 6.08. The lowest BCUT2D eigenvalue weighted by Gasteiger charge is -2.50. The van der Waals surface area contributed by atoms with Crippen LogP contribution in [0.25, 0.3) is 0 Å². The van der Waals surface area contributed by atoms with Gasteiger partial charge in [0.25, 0.3) is 0 Å². The van der Waals surface area contributed by atoms with Gasteiger partial charge in [0.05, 0.1) is 19.3 Å². The van der Waals surface area contributed by atoms with E-state index in [1.165, 1.54) is 31.7 Å². The summed E-state index contributed by atoms with van der Waals surface area (Å²) >= 11 is 0. The smallest absolute Gasteiger partial charge is 0.137 e. The third kappa shape index (κ3) is 2.66. The van der Waals surface area contributed by atoms with E-state index in [4.69, 9.17) is 4.74 Å². The molecule has 0 amide bonds. The molecule has 4 rings (SSSR count). The van der Waals surface area contributed by atoms with E-state index in [9.17, 15) is 0 Å². The number of aromatic nitrogens is 1. The van der Waals surface area contributed by atoms with E-state index in [-0.39, 0.29) is 0 Å². The summed E-state index contributed by atoms with van der Waals surface area (Å²) in [4.78, 5) is 9.51. The lowest BCUT2D eigenvalue weighted by molar-refractivity contribution is -0.00350. The number of nitrogens with zero attached hydrogens (tertiary/aromatic N) is 3. The molecule has 3 fully saturated rings. The van der Waals surface area contributed by atoms with Gasteiger partial charge in [-0.1, -0.05) is 6.92 Å². The SMILES string of the molecule is CCNC(c1cncc(OC)c1)C1CN2CCN1CC2.